The molecule has 0 fully saturated rings. The molecule has 3 nitrogen and oxygen atoms in total. The first-order chi connectivity index (χ1) is 27.6. The van der Waals surface area contributed by atoms with Crippen molar-refractivity contribution in [1.29, 1.82) is 0 Å². The second kappa shape index (κ2) is 14.1. The van der Waals surface area contributed by atoms with Gasteiger partial charge < -0.3 is 4.57 Å². The van der Waals surface area contributed by atoms with Gasteiger partial charge in [0.15, 0.2) is 5.82 Å². The number of hydrogen-bond donors (Lipinski definition) is 0. The van der Waals surface area contributed by atoms with Crippen molar-refractivity contribution >= 4 is 17.0 Å². The van der Waals surface area contributed by atoms with Crippen LogP contribution in [0.15, 0.2) is 158 Å². The monoisotopic (exact) mass is 723 g/mol. The maximum absolute atomic E-state index is 5.37. The molecular formula is C53H45N3. The summed E-state index contributed by atoms with van der Waals surface area (Å²) < 4.78 is 2.46. The first kappa shape index (κ1) is 34.2. The summed E-state index contributed by atoms with van der Waals surface area (Å²) in [5, 5.41) is 1.29. The van der Waals surface area contributed by atoms with Gasteiger partial charge in [-0.3, -0.25) is 0 Å². The highest BCUT2D eigenvalue weighted by atomic mass is 15.0. The molecule has 3 heteroatoms. The summed E-state index contributed by atoms with van der Waals surface area (Å²) in [6.07, 6.45) is 11.2. The summed E-state index contributed by atoms with van der Waals surface area (Å²) in [7, 11) is 0. The van der Waals surface area contributed by atoms with Gasteiger partial charge in [0.05, 0.1) is 16.9 Å². The van der Waals surface area contributed by atoms with Crippen molar-refractivity contribution in [2.75, 3.05) is 0 Å². The number of benzene rings is 6. The molecule has 0 amide bonds. The Balaban J connectivity index is 1.11. The van der Waals surface area contributed by atoms with Crippen molar-refractivity contribution in [1.82, 2.24) is 14.5 Å². The summed E-state index contributed by atoms with van der Waals surface area (Å²) in [5.74, 6) is 0.731. The zero-order chi connectivity index (χ0) is 37.6. The minimum Gasteiger partial charge on any atom is -0.313 e. The molecule has 0 saturated carbocycles. The van der Waals surface area contributed by atoms with Crippen LogP contribution < -0.4 is 0 Å². The largest absolute Gasteiger partial charge is 0.313 e. The highest BCUT2D eigenvalue weighted by Crippen LogP contribution is 2.54. The number of nitrogens with zero attached hydrogens (tertiary/aromatic N) is 3. The lowest BCUT2D eigenvalue weighted by atomic mass is 9.71. The lowest BCUT2D eigenvalue weighted by Gasteiger charge is -2.32. The second-order valence-corrected chi connectivity index (χ2v) is 15.5. The van der Waals surface area contributed by atoms with E-state index in [1.165, 1.54) is 55.7 Å². The number of para-hydroxylation sites is 1. The van der Waals surface area contributed by atoms with E-state index in [0.29, 0.717) is 0 Å². The molecule has 0 N–H and O–H groups in total. The third-order valence-corrected chi connectivity index (χ3v) is 12.1. The number of allylic oxidation sites excluding steroid dienone is 1. The Kier molecular flexibility index (Phi) is 8.59. The summed E-state index contributed by atoms with van der Waals surface area (Å²) in [4.78, 5) is 10.6. The zero-order valence-electron chi connectivity index (χ0n) is 32.2. The van der Waals surface area contributed by atoms with E-state index in [-0.39, 0.29) is 5.41 Å². The van der Waals surface area contributed by atoms with Crippen LogP contribution in [-0.4, -0.2) is 14.5 Å². The molecule has 0 spiro atoms. The second-order valence-electron chi connectivity index (χ2n) is 15.5. The maximum atomic E-state index is 5.37. The van der Waals surface area contributed by atoms with Crippen LogP contribution in [0, 0.1) is 0 Å². The smallest absolute Gasteiger partial charge is 0.160 e. The number of hydrogen-bond acceptors (Lipinski definition) is 2. The van der Waals surface area contributed by atoms with Crippen LogP contribution in [0.2, 0.25) is 0 Å². The highest BCUT2D eigenvalue weighted by molar-refractivity contribution is 5.96. The van der Waals surface area contributed by atoms with Gasteiger partial charge in [-0.2, -0.15) is 0 Å². The lowest BCUT2D eigenvalue weighted by Crippen LogP contribution is -2.25. The van der Waals surface area contributed by atoms with Gasteiger partial charge >= 0.3 is 0 Å². The quantitative estimate of drug-likeness (QED) is 0.148. The van der Waals surface area contributed by atoms with Crippen LogP contribution >= 0.6 is 0 Å². The van der Waals surface area contributed by atoms with E-state index in [4.69, 9.17) is 9.97 Å². The highest BCUT2D eigenvalue weighted by Gasteiger charge is 2.41. The minimum absolute atomic E-state index is 0.00885. The first-order valence-corrected chi connectivity index (χ1v) is 20.3. The molecule has 0 saturated heterocycles. The van der Waals surface area contributed by atoms with Gasteiger partial charge in [-0.1, -0.05) is 154 Å². The van der Waals surface area contributed by atoms with Gasteiger partial charge in [0.2, 0.25) is 0 Å². The van der Waals surface area contributed by atoms with Crippen molar-refractivity contribution in [3.05, 3.63) is 180 Å². The summed E-state index contributed by atoms with van der Waals surface area (Å²) in [5.41, 5.74) is 18.3. The molecule has 2 heterocycles. The van der Waals surface area contributed by atoms with Gasteiger partial charge in [0.25, 0.3) is 0 Å². The van der Waals surface area contributed by atoms with Crippen LogP contribution in [0.5, 0.6) is 0 Å². The van der Waals surface area contributed by atoms with E-state index in [1.807, 2.05) is 0 Å². The van der Waals surface area contributed by atoms with Crippen molar-refractivity contribution < 1.29 is 0 Å². The van der Waals surface area contributed by atoms with Crippen molar-refractivity contribution in [3.63, 3.8) is 0 Å². The van der Waals surface area contributed by atoms with E-state index in [9.17, 15) is 0 Å². The van der Waals surface area contributed by atoms with Crippen LogP contribution in [0.3, 0.4) is 0 Å². The van der Waals surface area contributed by atoms with Gasteiger partial charge in [-0.15, -0.1) is 0 Å². The zero-order valence-corrected chi connectivity index (χ0v) is 32.2. The first-order valence-electron chi connectivity index (χ1n) is 20.3. The Morgan fingerprint density at radius 1 is 0.554 bits per heavy atom. The fraction of sp³-hybridized carbons (Fsp3) is 0.170. The predicted molar refractivity (Wildman–Crippen MR) is 234 cm³/mol. The lowest BCUT2D eigenvalue weighted by molar-refractivity contribution is 0.436. The Labute approximate surface area is 330 Å². The van der Waals surface area contributed by atoms with E-state index < -0.39 is 0 Å². The number of rotatable bonds is 9. The molecule has 0 atom stereocenters. The predicted octanol–water partition coefficient (Wildman–Crippen LogP) is 13.9. The van der Waals surface area contributed by atoms with Gasteiger partial charge in [0, 0.05) is 44.4 Å². The Morgan fingerprint density at radius 3 is 2.02 bits per heavy atom. The Bertz CT molecular complexity index is 2770. The molecule has 10 rings (SSSR count). The van der Waals surface area contributed by atoms with E-state index in [1.54, 1.807) is 0 Å². The summed E-state index contributed by atoms with van der Waals surface area (Å²) >= 11 is 0. The molecule has 6 aromatic carbocycles. The van der Waals surface area contributed by atoms with Gasteiger partial charge in [0.1, 0.15) is 0 Å². The van der Waals surface area contributed by atoms with Crippen LogP contribution in [-0.2, 0) is 11.8 Å². The van der Waals surface area contributed by atoms with E-state index in [2.05, 4.69) is 182 Å². The SMILES string of the molecule is CCCC1(CCC)c2ccccc2-c2ccc(-c3cc(-c4ccccc4)nc(-c4cccc(-c5ccc6c7c(n(-c8ccccc8)c6c5)CCC=C7)c4)n3)cc21. The fourth-order valence-corrected chi connectivity index (χ4v) is 9.72. The van der Waals surface area contributed by atoms with Gasteiger partial charge in [-0.05, 0) is 95.5 Å². The minimum atomic E-state index is 0.00885. The molecule has 0 radical (unpaired) electrons. The molecule has 2 aliphatic rings. The number of aromatic nitrogens is 3. The summed E-state index contributed by atoms with van der Waals surface area (Å²) in [6.45, 7) is 4.64. The molecule has 2 aliphatic carbocycles. The Morgan fingerprint density at radius 2 is 1.21 bits per heavy atom. The summed E-state index contributed by atoms with van der Waals surface area (Å²) in [6, 6.07) is 55.3. The molecular weight excluding hydrogens is 679 g/mol. The molecule has 56 heavy (non-hydrogen) atoms. The molecule has 272 valence electrons. The third kappa shape index (κ3) is 5.64. The van der Waals surface area contributed by atoms with Crippen molar-refractivity contribution in [2.24, 2.45) is 0 Å². The van der Waals surface area contributed by atoms with E-state index >= 15 is 0 Å². The van der Waals surface area contributed by atoms with Crippen molar-refractivity contribution in [3.8, 4) is 61.8 Å². The topological polar surface area (TPSA) is 30.7 Å². The van der Waals surface area contributed by atoms with Crippen LogP contribution in [0.25, 0.3) is 78.8 Å². The standard InChI is InChI=1S/C53H45N3/c1-3-30-53(31-4-2)46-24-13-11-22-42(46)43-28-27-39(33-47(43)53)49-35-48(36-16-7-5-8-17-36)54-52(55-49)40-19-15-18-37(32-40)38-26-29-45-44-23-12-14-25-50(44)56(51(45)34-38)41-20-9-6-10-21-41/h5-13,15-24,26-29,32-35H,3-4,14,25,30-31H2,1-2H3. The van der Waals surface area contributed by atoms with Crippen LogP contribution in [0.1, 0.15) is 68.3 Å². The molecule has 0 bridgehead atoms. The third-order valence-electron chi connectivity index (χ3n) is 12.1. The van der Waals surface area contributed by atoms with Gasteiger partial charge in [-0.25, -0.2) is 9.97 Å². The molecule has 8 aromatic rings. The maximum Gasteiger partial charge on any atom is 0.160 e. The van der Waals surface area contributed by atoms with Crippen molar-refractivity contribution in [2.45, 2.75) is 57.8 Å². The average molecular weight is 724 g/mol. The Hall–Kier alpha value is -6.32. The number of fused-ring (bicyclic) bond motifs is 6. The van der Waals surface area contributed by atoms with Crippen LogP contribution in [0.4, 0.5) is 0 Å². The normalized spacial score (nSPS) is 13.8. The molecule has 0 unspecified atom stereocenters. The molecule has 2 aromatic heterocycles. The average Bonchev–Trinajstić information content (AvgIpc) is 3.74. The molecule has 0 aliphatic heterocycles. The van der Waals surface area contributed by atoms with E-state index in [0.717, 1.165) is 78.0 Å². The fourth-order valence-electron chi connectivity index (χ4n) is 9.72.